The van der Waals surface area contributed by atoms with Crippen molar-refractivity contribution in [2.24, 2.45) is 0 Å². The summed E-state index contributed by atoms with van der Waals surface area (Å²) < 4.78 is 0. The standard InChI is InChI=1S/C14H16N2O3/c17-12-11-7-4-8-16(11)13(18)14(19,15-12)9-10-5-2-1-3-6-10/h1-3,5-6,11,19H,4,7-9H2,(H,15,17)/t11-,14+/m0/s1. The molecule has 0 aliphatic carbocycles. The van der Waals surface area contributed by atoms with E-state index in [2.05, 4.69) is 5.32 Å². The van der Waals surface area contributed by atoms with Gasteiger partial charge in [-0.3, -0.25) is 9.59 Å². The van der Waals surface area contributed by atoms with Crippen LogP contribution < -0.4 is 5.32 Å². The number of carbonyl (C=O) groups excluding carboxylic acids is 2. The average Bonchev–Trinajstić information content (AvgIpc) is 2.87. The highest BCUT2D eigenvalue weighted by molar-refractivity contribution is 5.99. The molecule has 2 atom stereocenters. The van der Waals surface area contributed by atoms with Crippen molar-refractivity contribution in [2.45, 2.75) is 31.0 Å². The number of aliphatic hydroxyl groups is 1. The van der Waals surface area contributed by atoms with Crippen molar-refractivity contribution in [1.29, 1.82) is 0 Å². The monoisotopic (exact) mass is 260 g/mol. The Kier molecular flexibility index (Phi) is 2.78. The Morgan fingerprint density at radius 1 is 1.32 bits per heavy atom. The third-order valence-electron chi connectivity index (χ3n) is 3.80. The van der Waals surface area contributed by atoms with Crippen LogP contribution in [0.4, 0.5) is 0 Å². The first-order valence-electron chi connectivity index (χ1n) is 6.49. The molecule has 0 radical (unpaired) electrons. The molecule has 2 saturated heterocycles. The molecule has 0 unspecified atom stereocenters. The van der Waals surface area contributed by atoms with Gasteiger partial charge in [0.15, 0.2) is 0 Å². The molecule has 1 aromatic rings. The van der Waals surface area contributed by atoms with Crippen LogP contribution in [-0.2, 0) is 16.0 Å². The first kappa shape index (κ1) is 12.2. The molecule has 2 aliphatic rings. The normalized spacial score (nSPS) is 30.2. The highest BCUT2D eigenvalue weighted by Crippen LogP contribution is 2.27. The molecular formula is C14H16N2O3. The second-order valence-corrected chi connectivity index (χ2v) is 5.17. The van der Waals surface area contributed by atoms with Crippen LogP contribution in [0.15, 0.2) is 30.3 Å². The van der Waals surface area contributed by atoms with E-state index in [9.17, 15) is 14.7 Å². The topological polar surface area (TPSA) is 69.6 Å². The molecule has 1 aromatic carbocycles. The van der Waals surface area contributed by atoms with Gasteiger partial charge in [-0.1, -0.05) is 30.3 Å². The second kappa shape index (κ2) is 4.35. The SMILES string of the molecule is O=C1N[C@@](O)(Cc2ccccc2)C(=O)N2CCC[C@@H]12. The number of amides is 2. The number of benzene rings is 1. The molecule has 100 valence electrons. The summed E-state index contributed by atoms with van der Waals surface area (Å²) in [4.78, 5) is 25.8. The van der Waals surface area contributed by atoms with Crippen LogP contribution in [-0.4, -0.2) is 40.1 Å². The van der Waals surface area contributed by atoms with E-state index >= 15 is 0 Å². The van der Waals surface area contributed by atoms with E-state index in [0.29, 0.717) is 13.0 Å². The fourth-order valence-electron chi connectivity index (χ4n) is 2.87. The van der Waals surface area contributed by atoms with E-state index < -0.39 is 17.7 Å². The molecule has 3 rings (SSSR count). The molecule has 2 amide bonds. The van der Waals surface area contributed by atoms with Gasteiger partial charge in [0, 0.05) is 13.0 Å². The maximum absolute atomic E-state index is 12.3. The lowest BCUT2D eigenvalue weighted by Gasteiger charge is -2.40. The molecule has 5 heteroatoms. The molecule has 19 heavy (non-hydrogen) atoms. The quantitative estimate of drug-likeness (QED) is 0.788. The summed E-state index contributed by atoms with van der Waals surface area (Å²) in [5.41, 5.74) is -0.990. The van der Waals surface area contributed by atoms with Crippen LogP contribution in [0.5, 0.6) is 0 Å². The Morgan fingerprint density at radius 2 is 2.05 bits per heavy atom. The number of rotatable bonds is 2. The summed E-state index contributed by atoms with van der Waals surface area (Å²) in [6, 6.07) is 8.80. The van der Waals surface area contributed by atoms with Crippen LogP contribution in [0.25, 0.3) is 0 Å². The molecule has 2 fully saturated rings. The summed E-state index contributed by atoms with van der Waals surface area (Å²) in [7, 11) is 0. The summed E-state index contributed by atoms with van der Waals surface area (Å²) >= 11 is 0. The van der Waals surface area contributed by atoms with E-state index in [0.717, 1.165) is 12.0 Å². The maximum Gasteiger partial charge on any atom is 0.276 e. The smallest absolute Gasteiger partial charge is 0.276 e. The van der Waals surface area contributed by atoms with Gasteiger partial charge in [-0.05, 0) is 18.4 Å². The fraction of sp³-hybridized carbons (Fsp3) is 0.429. The third kappa shape index (κ3) is 2.00. The minimum Gasteiger partial charge on any atom is -0.363 e. The fourth-order valence-corrected chi connectivity index (χ4v) is 2.87. The average molecular weight is 260 g/mol. The Morgan fingerprint density at radius 3 is 2.79 bits per heavy atom. The van der Waals surface area contributed by atoms with E-state index in [-0.39, 0.29) is 12.3 Å². The van der Waals surface area contributed by atoms with Gasteiger partial charge in [0.2, 0.25) is 11.6 Å². The van der Waals surface area contributed by atoms with E-state index in [1.54, 1.807) is 0 Å². The van der Waals surface area contributed by atoms with Crippen molar-refractivity contribution < 1.29 is 14.7 Å². The number of piperazine rings is 1. The van der Waals surface area contributed by atoms with Crippen LogP contribution in [0.2, 0.25) is 0 Å². The Balaban J connectivity index is 1.86. The molecule has 0 bridgehead atoms. The van der Waals surface area contributed by atoms with Crippen LogP contribution in [0.3, 0.4) is 0 Å². The van der Waals surface area contributed by atoms with Crippen molar-refractivity contribution >= 4 is 11.8 Å². The highest BCUT2D eigenvalue weighted by atomic mass is 16.3. The van der Waals surface area contributed by atoms with Gasteiger partial charge in [-0.15, -0.1) is 0 Å². The van der Waals surface area contributed by atoms with E-state index in [4.69, 9.17) is 0 Å². The summed E-state index contributed by atoms with van der Waals surface area (Å²) in [6.45, 7) is 0.550. The molecule has 2 heterocycles. The number of carbonyl (C=O) groups is 2. The highest BCUT2D eigenvalue weighted by Gasteiger charge is 2.51. The van der Waals surface area contributed by atoms with Crippen molar-refractivity contribution in [3.8, 4) is 0 Å². The van der Waals surface area contributed by atoms with Crippen LogP contribution >= 0.6 is 0 Å². The minimum absolute atomic E-state index is 0.0988. The lowest BCUT2D eigenvalue weighted by Crippen LogP contribution is -2.69. The Bertz CT molecular complexity index is 517. The minimum atomic E-state index is -1.81. The number of nitrogens with zero attached hydrogens (tertiary/aromatic N) is 1. The molecular weight excluding hydrogens is 244 g/mol. The number of hydrogen-bond donors (Lipinski definition) is 2. The molecule has 0 aromatic heterocycles. The van der Waals surface area contributed by atoms with E-state index in [1.165, 1.54) is 4.90 Å². The summed E-state index contributed by atoms with van der Waals surface area (Å²) in [5, 5.41) is 13.0. The summed E-state index contributed by atoms with van der Waals surface area (Å²) in [5.74, 6) is -0.644. The second-order valence-electron chi connectivity index (χ2n) is 5.17. The van der Waals surface area contributed by atoms with Gasteiger partial charge in [0.05, 0.1) is 0 Å². The Labute approximate surface area is 111 Å². The zero-order valence-electron chi connectivity index (χ0n) is 10.5. The zero-order chi connectivity index (χ0) is 13.5. The molecule has 5 nitrogen and oxygen atoms in total. The Hall–Kier alpha value is -1.88. The van der Waals surface area contributed by atoms with Gasteiger partial charge in [-0.25, -0.2) is 0 Å². The van der Waals surface area contributed by atoms with E-state index in [1.807, 2.05) is 30.3 Å². The molecule has 2 aliphatic heterocycles. The lowest BCUT2D eigenvalue weighted by atomic mass is 9.97. The van der Waals surface area contributed by atoms with Crippen molar-refractivity contribution in [3.63, 3.8) is 0 Å². The first-order chi connectivity index (χ1) is 9.10. The largest absolute Gasteiger partial charge is 0.363 e. The predicted octanol–water partition coefficient (Wildman–Crippen LogP) is 0.0385. The van der Waals surface area contributed by atoms with Crippen LogP contribution in [0, 0.1) is 0 Å². The number of fused-ring (bicyclic) bond motifs is 1. The number of hydrogen-bond acceptors (Lipinski definition) is 3. The molecule has 0 spiro atoms. The maximum atomic E-state index is 12.3. The van der Waals surface area contributed by atoms with Crippen LogP contribution in [0.1, 0.15) is 18.4 Å². The van der Waals surface area contributed by atoms with Crippen molar-refractivity contribution in [1.82, 2.24) is 10.2 Å². The van der Waals surface area contributed by atoms with Gasteiger partial charge in [0.1, 0.15) is 6.04 Å². The van der Waals surface area contributed by atoms with Gasteiger partial charge >= 0.3 is 0 Å². The predicted molar refractivity (Wildman–Crippen MR) is 68.0 cm³/mol. The molecule has 2 N–H and O–H groups in total. The van der Waals surface area contributed by atoms with Gasteiger partial charge in [0.25, 0.3) is 5.91 Å². The third-order valence-corrected chi connectivity index (χ3v) is 3.80. The van der Waals surface area contributed by atoms with Gasteiger partial charge < -0.3 is 15.3 Å². The van der Waals surface area contributed by atoms with Gasteiger partial charge in [-0.2, -0.15) is 0 Å². The van der Waals surface area contributed by atoms with Crippen molar-refractivity contribution in [3.05, 3.63) is 35.9 Å². The lowest BCUT2D eigenvalue weighted by molar-refractivity contribution is -0.170. The first-order valence-corrected chi connectivity index (χ1v) is 6.49. The summed E-state index contributed by atoms with van der Waals surface area (Å²) in [6.07, 6.45) is 1.59. The number of nitrogens with one attached hydrogen (secondary N) is 1. The van der Waals surface area contributed by atoms with Crippen molar-refractivity contribution in [2.75, 3.05) is 6.54 Å². The molecule has 0 saturated carbocycles. The zero-order valence-corrected chi connectivity index (χ0v) is 10.5.